The second-order valence-electron chi connectivity index (χ2n) is 10.1. The second kappa shape index (κ2) is 11.0. The minimum absolute atomic E-state index is 0.0457. The molecule has 1 atom stereocenters. The smallest absolute Gasteiger partial charge is 0.225 e. The molecule has 2 aliphatic rings. The molecule has 2 fully saturated rings. The summed E-state index contributed by atoms with van der Waals surface area (Å²) in [5.74, 6) is 0.435. The van der Waals surface area contributed by atoms with Crippen LogP contribution in [0.1, 0.15) is 62.1 Å². The van der Waals surface area contributed by atoms with Crippen LogP contribution in [0.5, 0.6) is 0 Å². The van der Waals surface area contributed by atoms with Crippen molar-refractivity contribution in [2.24, 2.45) is 5.92 Å². The predicted molar refractivity (Wildman–Crippen MR) is 132 cm³/mol. The molecular formula is C25H39N3O4S. The number of carbonyl (C=O) groups excluding carboxylic acids is 2. The van der Waals surface area contributed by atoms with Gasteiger partial charge in [-0.05, 0) is 62.3 Å². The number of rotatable bonds is 8. The Morgan fingerprint density at radius 2 is 1.82 bits per heavy atom. The number of carbonyl (C=O) groups is 2. The Kier molecular flexibility index (Phi) is 8.56. The van der Waals surface area contributed by atoms with Crippen LogP contribution >= 0.6 is 0 Å². The molecule has 1 aromatic carbocycles. The largest absolute Gasteiger partial charge is 0.337 e. The minimum Gasteiger partial charge on any atom is -0.337 e. The third-order valence-corrected chi connectivity index (χ3v) is 7.94. The van der Waals surface area contributed by atoms with Gasteiger partial charge in [0.15, 0.2) is 0 Å². The lowest BCUT2D eigenvalue weighted by molar-refractivity contribution is -0.136. The average molecular weight is 478 g/mol. The van der Waals surface area contributed by atoms with Crippen LogP contribution in [-0.4, -0.2) is 67.7 Å². The number of hydrogen-bond donors (Lipinski definition) is 1. The van der Waals surface area contributed by atoms with E-state index in [1.165, 1.54) is 25.7 Å². The van der Waals surface area contributed by atoms with Gasteiger partial charge < -0.3 is 10.2 Å². The number of anilines is 1. The van der Waals surface area contributed by atoms with E-state index in [-0.39, 0.29) is 24.1 Å². The van der Waals surface area contributed by atoms with Crippen LogP contribution in [0, 0.1) is 19.8 Å². The van der Waals surface area contributed by atoms with Crippen molar-refractivity contribution in [1.29, 1.82) is 0 Å². The SMILES string of the molecule is Cc1cc(CN2CCN(C(=O)CC3CCCC3)[C@@H](C)C2)c(C)c(NC(=O)CCS(C)(=O)=O)c1. The molecule has 0 unspecified atom stereocenters. The first-order valence-corrected chi connectivity index (χ1v) is 14.2. The number of nitrogens with one attached hydrogen (secondary N) is 1. The number of aryl methyl sites for hydroxylation is 1. The van der Waals surface area contributed by atoms with Crippen LogP contribution in [0.2, 0.25) is 0 Å². The van der Waals surface area contributed by atoms with Crippen molar-refractivity contribution in [3.63, 3.8) is 0 Å². The van der Waals surface area contributed by atoms with Crippen molar-refractivity contribution in [2.45, 2.75) is 71.9 Å². The summed E-state index contributed by atoms with van der Waals surface area (Å²) in [5.41, 5.74) is 3.93. The lowest BCUT2D eigenvalue weighted by Gasteiger charge is -2.40. The van der Waals surface area contributed by atoms with Gasteiger partial charge in [-0.15, -0.1) is 0 Å². The topological polar surface area (TPSA) is 86.8 Å². The number of benzene rings is 1. The number of amides is 2. The maximum atomic E-state index is 12.8. The lowest BCUT2D eigenvalue weighted by Crippen LogP contribution is -2.53. The zero-order valence-corrected chi connectivity index (χ0v) is 21.3. The summed E-state index contributed by atoms with van der Waals surface area (Å²) in [7, 11) is -3.18. The Morgan fingerprint density at radius 1 is 1.12 bits per heavy atom. The number of piperazine rings is 1. The highest BCUT2D eigenvalue weighted by atomic mass is 32.2. The molecule has 3 rings (SSSR count). The average Bonchev–Trinajstić information content (AvgIpc) is 3.22. The van der Waals surface area contributed by atoms with E-state index < -0.39 is 9.84 Å². The first-order valence-electron chi connectivity index (χ1n) is 12.1. The molecule has 1 heterocycles. The van der Waals surface area contributed by atoms with Gasteiger partial charge in [-0.2, -0.15) is 0 Å². The Labute approximate surface area is 198 Å². The van der Waals surface area contributed by atoms with Gasteiger partial charge in [-0.1, -0.05) is 18.9 Å². The second-order valence-corrected chi connectivity index (χ2v) is 12.3. The lowest BCUT2D eigenvalue weighted by atomic mass is 10.0. The molecule has 8 heteroatoms. The molecule has 1 aromatic rings. The standard InChI is InChI=1S/C25H39N3O4S/c1-18-13-22(20(3)23(14-18)26-24(29)9-12-33(4,31)32)17-27-10-11-28(19(2)16-27)25(30)15-21-7-5-6-8-21/h13-14,19,21H,5-12,15-17H2,1-4H3,(H,26,29)/t19-/m0/s1. The van der Waals surface area contributed by atoms with Crippen LogP contribution in [0.25, 0.3) is 0 Å². The van der Waals surface area contributed by atoms with Crippen molar-refractivity contribution < 1.29 is 18.0 Å². The summed E-state index contributed by atoms with van der Waals surface area (Å²) in [6.45, 7) is 9.31. The van der Waals surface area contributed by atoms with E-state index in [9.17, 15) is 18.0 Å². The summed E-state index contributed by atoms with van der Waals surface area (Å²) in [6, 6.07) is 4.26. The van der Waals surface area contributed by atoms with E-state index in [0.717, 1.165) is 54.8 Å². The summed E-state index contributed by atoms with van der Waals surface area (Å²) in [4.78, 5) is 29.5. The van der Waals surface area contributed by atoms with Crippen molar-refractivity contribution >= 4 is 27.3 Å². The quantitative estimate of drug-likeness (QED) is 0.621. The van der Waals surface area contributed by atoms with Crippen LogP contribution in [0.15, 0.2) is 12.1 Å². The fourth-order valence-corrected chi connectivity index (χ4v) is 5.64. The highest BCUT2D eigenvalue weighted by Gasteiger charge is 2.29. The Bertz CT molecular complexity index is 970. The fourth-order valence-electron chi connectivity index (χ4n) is 5.09. The van der Waals surface area contributed by atoms with Crippen molar-refractivity contribution in [2.75, 3.05) is 37.0 Å². The Morgan fingerprint density at radius 3 is 2.45 bits per heavy atom. The number of nitrogens with zero attached hydrogens (tertiary/aromatic N) is 2. The highest BCUT2D eigenvalue weighted by Crippen LogP contribution is 2.29. The highest BCUT2D eigenvalue weighted by molar-refractivity contribution is 7.90. The molecule has 1 aliphatic carbocycles. The monoisotopic (exact) mass is 477 g/mol. The zero-order valence-electron chi connectivity index (χ0n) is 20.5. The maximum Gasteiger partial charge on any atom is 0.225 e. The summed E-state index contributed by atoms with van der Waals surface area (Å²) in [6.07, 6.45) is 6.70. The summed E-state index contributed by atoms with van der Waals surface area (Å²) in [5, 5.41) is 2.89. The first-order chi connectivity index (χ1) is 15.5. The summed E-state index contributed by atoms with van der Waals surface area (Å²) < 4.78 is 22.7. The van der Waals surface area contributed by atoms with Crippen molar-refractivity contribution in [3.8, 4) is 0 Å². The molecule has 1 N–H and O–H groups in total. The molecule has 0 spiro atoms. The van der Waals surface area contributed by atoms with E-state index in [1.807, 2.05) is 19.9 Å². The first kappa shape index (κ1) is 25.7. The van der Waals surface area contributed by atoms with E-state index in [4.69, 9.17) is 0 Å². The molecule has 7 nitrogen and oxygen atoms in total. The van der Waals surface area contributed by atoms with Gasteiger partial charge in [0.05, 0.1) is 5.75 Å². The van der Waals surface area contributed by atoms with Gasteiger partial charge in [-0.25, -0.2) is 8.42 Å². The van der Waals surface area contributed by atoms with Gasteiger partial charge in [0.1, 0.15) is 9.84 Å². The van der Waals surface area contributed by atoms with E-state index >= 15 is 0 Å². The van der Waals surface area contributed by atoms with E-state index in [1.54, 1.807) is 0 Å². The molecule has 1 saturated carbocycles. The van der Waals surface area contributed by atoms with Gasteiger partial charge in [0.2, 0.25) is 11.8 Å². The zero-order chi connectivity index (χ0) is 24.2. The molecule has 1 saturated heterocycles. The Hall–Kier alpha value is -1.93. The van der Waals surface area contributed by atoms with E-state index in [2.05, 4.69) is 28.1 Å². The van der Waals surface area contributed by atoms with E-state index in [0.29, 0.717) is 18.2 Å². The molecular weight excluding hydrogens is 438 g/mol. The van der Waals surface area contributed by atoms with Gasteiger partial charge in [0.25, 0.3) is 0 Å². The molecule has 1 aliphatic heterocycles. The number of sulfone groups is 1. The van der Waals surface area contributed by atoms with Crippen LogP contribution in [0.3, 0.4) is 0 Å². The molecule has 184 valence electrons. The third-order valence-electron chi connectivity index (χ3n) is 7.00. The van der Waals surface area contributed by atoms with Gasteiger partial charge in [0, 0.05) is 57.0 Å². The van der Waals surface area contributed by atoms with Crippen LogP contribution in [-0.2, 0) is 26.0 Å². The molecule has 33 heavy (non-hydrogen) atoms. The van der Waals surface area contributed by atoms with Crippen molar-refractivity contribution in [3.05, 3.63) is 28.8 Å². The molecule has 2 amide bonds. The summed E-state index contributed by atoms with van der Waals surface area (Å²) >= 11 is 0. The van der Waals surface area contributed by atoms with Crippen molar-refractivity contribution in [1.82, 2.24) is 9.80 Å². The van der Waals surface area contributed by atoms with Gasteiger partial charge in [-0.3, -0.25) is 14.5 Å². The van der Waals surface area contributed by atoms with Crippen LogP contribution < -0.4 is 5.32 Å². The predicted octanol–water partition coefficient (Wildman–Crippen LogP) is 3.29. The Balaban J connectivity index is 1.59. The molecule has 0 radical (unpaired) electrons. The van der Waals surface area contributed by atoms with Gasteiger partial charge >= 0.3 is 0 Å². The molecule has 0 aromatic heterocycles. The molecule has 0 bridgehead atoms. The minimum atomic E-state index is -3.18. The maximum absolute atomic E-state index is 12.8. The third kappa shape index (κ3) is 7.54. The van der Waals surface area contributed by atoms with Crippen LogP contribution in [0.4, 0.5) is 5.69 Å². The normalized spacial score (nSPS) is 20.2. The fraction of sp³-hybridized carbons (Fsp3) is 0.680. The number of hydrogen-bond acceptors (Lipinski definition) is 5.